The van der Waals surface area contributed by atoms with Crippen molar-refractivity contribution < 1.29 is 0 Å². The van der Waals surface area contributed by atoms with Gasteiger partial charge in [0.1, 0.15) is 6.07 Å². The smallest absolute Gasteiger partial charge is 0.101 e. The van der Waals surface area contributed by atoms with Crippen LogP contribution in [-0.2, 0) is 0 Å². The minimum atomic E-state index is 0.560. The second-order valence-corrected chi connectivity index (χ2v) is 3.84. The summed E-state index contributed by atoms with van der Waals surface area (Å²) in [6, 6.07) is 7.62. The lowest BCUT2D eigenvalue weighted by atomic mass is 10.1. The fraction of sp³-hybridized carbons (Fsp3) is 0.154. The van der Waals surface area contributed by atoms with Crippen molar-refractivity contribution in [3.8, 4) is 17.3 Å². The average molecular weight is 224 g/mol. The number of aromatic nitrogens is 2. The van der Waals surface area contributed by atoms with Crippen molar-refractivity contribution in [3.63, 3.8) is 0 Å². The summed E-state index contributed by atoms with van der Waals surface area (Å²) in [6.07, 6.45) is 5.17. The molecule has 0 unspecified atom stereocenters. The maximum atomic E-state index is 9.04. The highest BCUT2D eigenvalue weighted by molar-refractivity contribution is 5.68. The van der Waals surface area contributed by atoms with E-state index >= 15 is 0 Å². The normalized spacial score (nSPS) is 9.71. The zero-order valence-electron chi connectivity index (χ0n) is 9.75. The highest BCUT2D eigenvalue weighted by atomic mass is 15.1. The Balaban J connectivity index is 2.54. The number of pyridine rings is 2. The van der Waals surface area contributed by atoms with Gasteiger partial charge in [0.2, 0.25) is 0 Å². The summed E-state index contributed by atoms with van der Waals surface area (Å²) in [7, 11) is 3.90. The first-order chi connectivity index (χ1) is 8.22. The Morgan fingerprint density at radius 1 is 1.29 bits per heavy atom. The van der Waals surface area contributed by atoms with Gasteiger partial charge in [-0.05, 0) is 18.2 Å². The van der Waals surface area contributed by atoms with Gasteiger partial charge in [-0.3, -0.25) is 9.97 Å². The molecule has 0 saturated heterocycles. The van der Waals surface area contributed by atoms with E-state index < -0.39 is 0 Å². The van der Waals surface area contributed by atoms with E-state index in [4.69, 9.17) is 5.26 Å². The highest BCUT2D eigenvalue weighted by Crippen LogP contribution is 2.23. The van der Waals surface area contributed by atoms with Crippen molar-refractivity contribution in [2.24, 2.45) is 0 Å². The molecule has 0 aromatic carbocycles. The molecule has 0 aliphatic rings. The zero-order chi connectivity index (χ0) is 12.3. The maximum Gasteiger partial charge on any atom is 0.101 e. The van der Waals surface area contributed by atoms with Crippen molar-refractivity contribution in [1.29, 1.82) is 5.26 Å². The lowest BCUT2D eigenvalue weighted by Crippen LogP contribution is -2.08. The second kappa shape index (κ2) is 4.62. The van der Waals surface area contributed by atoms with Crippen molar-refractivity contribution in [3.05, 3.63) is 42.4 Å². The van der Waals surface area contributed by atoms with Crippen molar-refractivity contribution in [1.82, 2.24) is 9.97 Å². The van der Waals surface area contributed by atoms with E-state index in [0.717, 1.165) is 11.3 Å². The summed E-state index contributed by atoms with van der Waals surface area (Å²) in [5.41, 5.74) is 3.07. The topological polar surface area (TPSA) is 52.8 Å². The Morgan fingerprint density at radius 2 is 2.12 bits per heavy atom. The first-order valence-corrected chi connectivity index (χ1v) is 5.20. The Hall–Kier alpha value is -2.41. The number of hydrogen-bond donors (Lipinski definition) is 0. The van der Waals surface area contributed by atoms with E-state index in [1.165, 1.54) is 0 Å². The molecule has 0 spiro atoms. The van der Waals surface area contributed by atoms with Crippen LogP contribution in [0.4, 0.5) is 5.69 Å². The molecule has 4 nitrogen and oxygen atoms in total. The summed E-state index contributed by atoms with van der Waals surface area (Å²) < 4.78 is 0. The van der Waals surface area contributed by atoms with Crippen LogP contribution in [0.5, 0.6) is 0 Å². The molecule has 17 heavy (non-hydrogen) atoms. The summed E-state index contributed by atoms with van der Waals surface area (Å²) in [5, 5.41) is 9.04. The van der Waals surface area contributed by atoms with Crippen LogP contribution in [0.1, 0.15) is 5.56 Å². The van der Waals surface area contributed by atoms with Gasteiger partial charge in [-0.2, -0.15) is 5.26 Å². The largest absolute Gasteiger partial charge is 0.376 e. The van der Waals surface area contributed by atoms with Gasteiger partial charge in [0.25, 0.3) is 0 Å². The lowest BCUT2D eigenvalue weighted by Gasteiger charge is -2.12. The van der Waals surface area contributed by atoms with Gasteiger partial charge in [-0.15, -0.1) is 0 Å². The second-order valence-electron chi connectivity index (χ2n) is 3.84. The van der Waals surface area contributed by atoms with E-state index in [2.05, 4.69) is 16.0 Å². The van der Waals surface area contributed by atoms with E-state index in [9.17, 15) is 0 Å². The molecule has 0 atom stereocenters. The Bertz CT molecular complexity index is 570. The predicted molar refractivity (Wildman–Crippen MR) is 66.5 cm³/mol. The third-order valence-electron chi connectivity index (χ3n) is 2.44. The highest BCUT2D eigenvalue weighted by Gasteiger charge is 2.07. The molecule has 0 saturated carbocycles. The predicted octanol–water partition coefficient (Wildman–Crippen LogP) is 2.08. The van der Waals surface area contributed by atoms with Gasteiger partial charge in [0, 0.05) is 32.1 Å². The molecule has 84 valence electrons. The summed E-state index contributed by atoms with van der Waals surface area (Å²) in [5.74, 6) is 0. The minimum absolute atomic E-state index is 0.560. The molecular formula is C13H12N4. The summed E-state index contributed by atoms with van der Waals surface area (Å²) >= 11 is 0. The van der Waals surface area contributed by atoms with Gasteiger partial charge in [-0.25, -0.2) is 0 Å². The number of rotatable bonds is 2. The first kappa shape index (κ1) is 11.1. The van der Waals surface area contributed by atoms with Gasteiger partial charge < -0.3 is 4.90 Å². The number of hydrogen-bond acceptors (Lipinski definition) is 4. The van der Waals surface area contributed by atoms with Gasteiger partial charge in [-0.1, -0.05) is 0 Å². The third kappa shape index (κ3) is 2.23. The van der Waals surface area contributed by atoms with E-state index in [0.29, 0.717) is 11.3 Å². The number of nitriles is 1. The fourth-order valence-electron chi connectivity index (χ4n) is 1.53. The van der Waals surface area contributed by atoms with Crippen LogP contribution in [0.25, 0.3) is 11.3 Å². The van der Waals surface area contributed by atoms with Crippen molar-refractivity contribution in [2.45, 2.75) is 0 Å². The molecule has 0 bridgehead atoms. The SMILES string of the molecule is CN(C)c1cncc(-c2ncccc2C#N)c1. The molecule has 2 heterocycles. The molecule has 0 radical (unpaired) electrons. The van der Waals surface area contributed by atoms with Crippen molar-refractivity contribution in [2.75, 3.05) is 19.0 Å². The van der Waals surface area contributed by atoms with Gasteiger partial charge >= 0.3 is 0 Å². The lowest BCUT2D eigenvalue weighted by molar-refractivity contribution is 1.11. The van der Waals surface area contributed by atoms with Crippen LogP contribution in [0.15, 0.2) is 36.8 Å². The van der Waals surface area contributed by atoms with Crippen LogP contribution in [-0.4, -0.2) is 24.1 Å². The first-order valence-electron chi connectivity index (χ1n) is 5.20. The quantitative estimate of drug-likeness (QED) is 0.783. The number of nitrogens with zero attached hydrogens (tertiary/aromatic N) is 4. The maximum absolute atomic E-state index is 9.04. The summed E-state index contributed by atoms with van der Waals surface area (Å²) in [4.78, 5) is 10.4. The zero-order valence-corrected chi connectivity index (χ0v) is 9.75. The standard InChI is InChI=1S/C13H12N4/c1-17(2)12-6-11(8-15-9-12)13-10(7-14)4-3-5-16-13/h3-6,8-9H,1-2H3. The summed E-state index contributed by atoms with van der Waals surface area (Å²) in [6.45, 7) is 0. The molecule has 0 aliphatic heterocycles. The van der Waals surface area contributed by atoms with E-state index in [-0.39, 0.29) is 0 Å². The van der Waals surface area contributed by atoms with Crippen molar-refractivity contribution >= 4 is 5.69 Å². The fourth-order valence-corrected chi connectivity index (χ4v) is 1.53. The molecule has 0 N–H and O–H groups in total. The third-order valence-corrected chi connectivity index (χ3v) is 2.44. The van der Waals surface area contributed by atoms with Crippen LogP contribution in [0.3, 0.4) is 0 Å². The van der Waals surface area contributed by atoms with E-state index in [1.54, 1.807) is 30.7 Å². The van der Waals surface area contributed by atoms with Crippen LogP contribution in [0.2, 0.25) is 0 Å². The average Bonchev–Trinajstić information content (AvgIpc) is 2.39. The molecule has 2 rings (SSSR count). The van der Waals surface area contributed by atoms with Gasteiger partial charge in [0.15, 0.2) is 0 Å². The molecular weight excluding hydrogens is 212 g/mol. The molecule has 0 fully saturated rings. The molecule has 2 aromatic heterocycles. The van der Waals surface area contributed by atoms with E-state index in [1.807, 2.05) is 25.1 Å². The Morgan fingerprint density at radius 3 is 2.82 bits per heavy atom. The monoisotopic (exact) mass is 224 g/mol. The molecule has 2 aromatic rings. The van der Waals surface area contributed by atoms with Gasteiger partial charge in [0.05, 0.1) is 23.1 Å². The number of anilines is 1. The Labute approximate surface area is 100 Å². The van der Waals surface area contributed by atoms with Crippen LogP contribution >= 0.6 is 0 Å². The minimum Gasteiger partial charge on any atom is -0.376 e. The van der Waals surface area contributed by atoms with Crippen LogP contribution in [0, 0.1) is 11.3 Å². The molecule has 0 amide bonds. The van der Waals surface area contributed by atoms with Crippen LogP contribution < -0.4 is 4.90 Å². The molecule has 0 aliphatic carbocycles. The molecule has 4 heteroatoms. The Kier molecular flexibility index (Phi) is 3.01.